The van der Waals surface area contributed by atoms with Crippen LogP contribution >= 0.6 is 0 Å². The van der Waals surface area contributed by atoms with Gasteiger partial charge in [0.25, 0.3) is 5.91 Å². The van der Waals surface area contributed by atoms with Crippen LogP contribution in [-0.4, -0.2) is 23.4 Å². The highest BCUT2D eigenvalue weighted by molar-refractivity contribution is 5.95. The van der Waals surface area contributed by atoms with E-state index in [0.717, 1.165) is 25.2 Å². The Morgan fingerprint density at radius 1 is 1.09 bits per heavy atom. The van der Waals surface area contributed by atoms with Crippen molar-refractivity contribution in [2.45, 2.75) is 25.9 Å². The van der Waals surface area contributed by atoms with E-state index < -0.39 is 0 Å². The summed E-state index contributed by atoms with van der Waals surface area (Å²) in [5.74, 6) is -0.0361. The molecule has 3 heteroatoms. The van der Waals surface area contributed by atoms with E-state index in [1.165, 1.54) is 5.56 Å². The molecule has 0 bridgehead atoms. The minimum Gasteiger partial charge on any atom is -0.325 e. The zero-order chi connectivity index (χ0) is 16.1. The summed E-state index contributed by atoms with van der Waals surface area (Å²) >= 11 is 0. The maximum absolute atomic E-state index is 12.3. The van der Waals surface area contributed by atoms with Gasteiger partial charge in [0, 0.05) is 30.4 Å². The minimum atomic E-state index is -0.0361. The summed E-state index contributed by atoms with van der Waals surface area (Å²) in [7, 11) is 0. The zero-order valence-electron chi connectivity index (χ0n) is 13.4. The molecule has 3 rings (SSSR count). The summed E-state index contributed by atoms with van der Waals surface area (Å²) in [6.45, 7) is 3.91. The summed E-state index contributed by atoms with van der Waals surface area (Å²) < 4.78 is 0. The predicted molar refractivity (Wildman–Crippen MR) is 92.9 cm³/mol. The average Bonchev–Trinajstić information content (AvgIpc) is 2.59. The Kier molecular flexibility index (Phi) is 4.89. The second-order valence-electron chi connectivity index (χ2n) is 6.02. The number of nitrogens with zero attached hydrogens (tertiary/aromatic N) is 1. The summed E-state index contributed by atoms with van der Waals surface area (Å²) in [6.07, 6.45) is 3.10. The number of hydrogen-bond acceptors (Lipinski definition) is 2. The normalized spacial score (nSPS) is 18.3. The predicted octanol–water partition coefficient (Wildman–Crippen LogP) is 3.59. The van der Waals surface area contributed by atoms with E-state index in [-0.39, 0.29) is 5.91 Å². The quantitative estimate of drug-likeness (QED) is 0.936. The van der Waals surface area contributed by atoms with Gasteiger partial charge in [-0.05, 0) is 31.0 Å². The van der Waals surface area contributed by atoms with Crippen LogP contribution < -0.4 is 5.32 Å². The van der Waals surface area contributed by atoms with E-state index in [4.69, 9.17) is 0 Å². The number of amides is 1. The van der Waals surface area contributed by atoms with E-state index in [0.29, 0.717) is 11.6 Å². The Morgan fingerprint density at radius 2 is 1.74 bits per heavy atom. The molecule has 2 aromatic rings. The third kappa shape index (κ3) is 4.08. The number of rotatable bonds is 4. The Bertz CT molecular complexity index is 679. The molecule has 1 N–H and O–H groups in total. The molecule has 2 aromatic carbocycles. The Balaban J connectivity index is 1.64. The fourth-order valence-corrected chi connectivity index (χ4v) is 2.83. The summed E-state index contributed by atoms with van der Waals surface area (Å²) in [5, 5.41) is 3.05. The first-order valence-electron chi connectivity index (χ1n) is 8.06. The lowest BCUT2D eigenvalue weighted by Gasteiger charge is -2.33. The van der Waals surface area contributed by atoms with Gasteiger partial charge in [-0.3, -0.25) is 9.69 Å². The molecule has 1 atom stereocenters. The van der Waals surface area contributed by atoms with Gasteiger partial charge < -0.3 is 5.32 Å². The van der Waals surface area contributed by atoms with Crippen LogP contribution in [0.2, 0.25) is 0 Å². The van der Waals surface area contributed by atoms with Crippen molar-refractivity contribution < 1.29 is 4.79 Å². The maximum atomic E-state index is 12.3. The highest BCUT2D eigenvalue weighted by atomic mass is 16.1. The van der Waals surface area contributed by atoms with Gasteiger partial charge in [0.2, 0.25) is 0 Å². The smallest absolute Gasteiger partial charge is 0.255 e. The average molecular weight is 306 g/mol. The molecule has 0 aliphatic carbocycles. The van der Waals surface area contributed by atoms with Crippen LogP contribution in [-0.2, 0) is 6.54 Å². The second kappa shape index (κ2) is 7.25. The highest BCUT2D eigenvalue weighted by Gasteiger charge is 2.21. The van der Waals surface area contributed by atoms with Gasteiger partial charge in [-0.25, -0.2) is 0 Å². The van der Waals surface area contributed by atoms with Crippen LogP contribution in [0.3, 0.4) is 0 Å². The van der Waals surface area contributed by atoms with E-state index >= 15 is 0 Å². The van der Waals surface area contributed by atoms with Crippen molar-refractivity contribution >= 4 is 5.91 Å². The molecule has 0 fully saturated rings. The van der Waals surface area contributed by atoms with E-state index in [9.17, 15) is 4.79 Å². The number of carbonyl (C=O) groups excluding carboxylic acids is 1. The van der Waals surface area contributed by atoms with Crippen molar-refractivity contribution in [1.82, 2.24) is 10.2 Å². The first kappa shape index (κ1) is 15.5. The van der Waals surface area contributed by atoms with Gasteiger partial charge in [-0.1, -0.05) is 54.6 Å². The molecule has 1 aliphatic heterocycles. The van der Waals surface area contributed by atoms with Gasteiger partial charge in [-0.15, -0.1) is 0 Å². The lowest BCUT2D eigenvalue weighted by molar-refractivity contribution is 0.0956. The molecular formula is C20H22N2O. The summed E-state index contributed by atoms with van der Waals surface area (Å²) in [5.41, 5.74) is 2.99. The van der Waals surface area contributed by atoms with Crippen molar-refractivity contribution in [1.29, 1.82) is 0 Å². The van der Waals surface area contributed by atoms with E-state index in [2.05, 4.69) is 47.5 Å². The summed E-state index contributed by atoms with van der Waals surface area (Å²) in [6, 6.07) is 20.3. The van der Waals surface area contributed by atoms with Crippen LogP contribution in [0.15, 0.2) is 72.4 Å². The lowest BCUT2D eigenvalue weighted by atomic mass is 10.1. The van der Waals surface area contributed by atoms with Gasteiger partial charge >= 0.3 is 0 Å². The first-order chi connectivity index (χ1) is 11.2. The Hall–Kier alpha value is -2.39. The van der Waals surface area contributed by atoms with E-state index in [1.807, 2.05) is 36.4 Å². The maximum Gasteiger partial charge on any atom is 0.255 e. The van der Waals surface area contributed by atoms with Gasteiger partial charge in [-0.2, -0.15) is 0 Å². The highest BCUT2D eigenvalue weighted by Crippen LogP contribution is 2.18. The first-order valence-corrected chi connectivity index (χ1v) is 8.06. The molecule has 0 saturated heterocycles. The number of hydrogen-bond donors (Lipinski definition) is 1. The third-order valence-corrected chi connectivity index (χ3v) is 4.24. The number of carbonyl (C=O) groups is 1. The fourth-order valence-electron chi connectivity index (χ4n) is 2.83. The fraction of sp³-hybridized carbons (Fsp3) is 0.250. The molecule has 23 heavy (non-hydrogen) atoms. The summed E-state index contributed by atoms with van der Waals surface area (Å²) in [4.78, 5) is 14.7. The van der Waals surface area contributed by atoms with Gasteiger partial charge in [0.05, 0.1) is 0 Å². The van der Waals surface area contributed by atoms with E-state index in [1.54, 1.807) is 0 Å². The molecule has 0 aromatic heterocycles. The topological polar surface area (TPSA) is 32.3 Å². The molecule has 1 heterocycles. The Labute approximate surface area is 137 Å². The van der Waals surface area contributed by atoms with Crippen LogP contribution in [0.5, 0.6) is 0 Å². The largest absolute Gasteiger partial charge is 0.325 e. The SMILES string of the molecule is C[C@H]1CC=C(NC(=O)c2ccccc2)CN1Cc1ccccc1. The second-order valence-corrected chi connectivity index (χ2v) is 6.02. The minimum absolute atomic E-state index is 0.0361. The number of benzene rings is 2. The van der Waals surface area contributed by atoms with Gasteiger partial charge in [0.1, 0.15) is 0 Å². The van der Waals surface area contributed by atoms with Crippen molar-refractivity contribution in [3.05, 3.63) is 83.6 Å². The molecule has 3 nitrogen and oxygen atoms in total. The van der Waals surface area contributed by atoms with Crippen molar-refractivity contribution in [2.24, 2.45) is 0 Å². The van der Waals surface area contributed by atoms with Crippen LogP contribution in [0.4, 0.5) is 0 Å². The zero-order valence-corrected chi connectivity index (χ0v) is 13.4. The molecule has 0 unspecified atom stereocenters. The Morgan fingerprint density at radius 3 is 2.43 bits per heavy atom. The monoisotopic (exact) mass is 306 g/mol. The molecule has 0 spiro atoms. The molecule has 0 saturated carbocycles. The van der Waals surface area contributed by atoms with Crippen molar-refractivity contribution in [3.8, 4) is 0 Å². The molecule has 1 aliphatic rings. The molecule has 1 amide bonds. The van der Waals surface area contributed by atoms with Crippen molar-refractivity contribution in [3.63, 3.8) is 0 Å². The standard InChI is InChI=1S/C20H22N2O/c1-16-12-13-19(21-20(23)18-10-6-3-7-11-18)15-22(16)14-17-8-4-2-5-9-17/h2-11,13,16H,12,14-15H2,1H3,(H,21,23)/t16-/m0/s1. The van der Waals surface area contributed by atoms with Gasteiger partial charge in [0.15, 0.2) is 0 Å². The number of nitrogens with one attached hydrogen (secondary N) is 1. The molecule has 0 radical (unpaired) electrons. The third-order valence-electron chi connectivity index (χ3n) is 4.24. The van der Waals surface area contributed by atoms with Crippen LogP contribution in [0, 0.1) is 0 Å². The van der Waals surface area contributed by atoms with Crippen molar-refractivity contribution in [2.75, 3.05) is 6.54 Å². The van der Waals surface area contributed by atoms with Crippen LogP contribution in [0.1, 0.15) is 29.3 Å². The van der Waals surface area contributed by atoms with Crippen LogP contribution in [0.25, 0.3) is 0 Å². The molecule has 118 valence electrons. The lowest BCUT2D eigenvalue weighted by Crippen LogP contribution is -2.41. The molecular weight excluding hydrogens is 284 g/mol.